The van der Waals surface area contributed by atoms with Crippen LogP contribution in [-0.4, -0.2) is 10.2 Å². The quantitative estimate of drug-likeness (QED) is 0.212. The Kier molecular flexibility index (Phi) is 6.02. The van der Waals surface area contributed by atoms with Crippen molar-refractivity contribution in [1.82, 2.24) is 0 Å². The molecule has 0 bridgehead atoms. The summed E-state index contributed by atoms with van der Waals surface area (Å²) in [5, 5.41) is 25.3. The molecule has 0 saturated heterocycles. The van der Waals surface area contributed by atoms with E-state index in [1.165, 1.54) is 33.0 Å². The topological polar surface area (TPSA) is 40.5 Å². The molecule has 0 aromatic heterocycles. The van der Waals surface area contributed by atoms with Gasteiger partial charge in [0.15, 0.2) is 0 Å². The molecule has 0 spiro atoms. The van der Waals surface area contributed by atoms with E-state index >= 15 is 0 Å². The van der Waals surface area contributed by atoms with Gasteiger partial charge in [-0.15, -0.1) is 0 Å². The molecule has 1 atom stereocenters. The van der Waals surface area contributed by atoms with Crippen LogP contribution in [0.1, 0.15) is 47.2 Å². The molecule has 42 heavy (non-hydrogen) atoms. The Balaban J connectivity index is 1.61. The second-order valence-electron chi connectivity index (χ2n) is 11.5. The van der Waals surface area contributed by atoms with Gasteiger partial charge in [-0.25, -0.2) is 0 Å². The van der Waals surface area contributed by atoms with Gasteiger partial charge >= 0.3 is 0 Å². The Morgan fingerprint density at radius 2 is 1.38 bits per heavy atom. The zero-order chi connectivity index (χ0) is 29.0. The van der Waals surface area contributed by atoms with Crippen LogP contribution in [0.5, 0.6) is 5.75 Å². The van der Waals surface area contributed by atoms with E-state index < -0.39 is 5.41 Å². The van der Waals surface area contributed by atoms with Crippen molar-refractivity contribution in [3.05, 3.63) is 161 Å². The van der Waals surface area contributed by atoms with Crippen molar-refractivity contribution in [3.8, 4) is 16.9 Å². The maximum atomic E-state index is 10.6. The zero-order valence-electron chi connectivity index (χ0n) is 23.8. The summed E-state index contributed by atoms with van der Waals surface area (Å²) in [6.07, 6.45) is 3.73. The predicted octanol–water partition coefficient (Wildman–Crippen LogP) is 10.3. The van der Waals surface area contributed by atoms with Crippen LogP contribution in [0.25, 0.3) is 44.8 Å². The average Bonchev–Trinajstić information content (AvgIpc) is 3.32. The Labute approximate surface area is 246 Å². The number of benzene rings is 6. The number of fused-ring (bicyclic) bond motifs is 6. The standard InChI is InChI=1S/C40H32O2/c1-4-26-21-31(18-14-30(26)24-38(42)25(2)3)40(32-17-13-29-23-33(41)19-15-28(29)22-32)36-12-8-7-11-35(36)39-34-10-6-5-9-27(34)16-20-37(39)40/h4-25,41-42H,1H2,2-3H3/b38-24+. The fraction of sp³-hybridized carbons (Fsp3) is 0.100. The SMILES string of the molecule is C=Cc1cc(C2(c3ccc4cc(O)ccc4c3)c3ccccc3-c3c2ccc2ccccc32)ccc1/C=C(/O)C(C)C. The van der Waals surface area contributed by atoms with Gasteiger partial charge in [0.1, 0.15) is 5.75 Å². The minimum absolute atomic E-state index is 0.0348. The van der Waals surface area contributed by atoms with Crippen molar-refractivity contribution in [1.29, 1.82) is 0 Å². The first-order chi connectivity index (χ1) is 20.4. The molecule has 0 radical (unpaired) electrons. The van der Waals surface area contributed by atoms with Crippen molar-refractivity contribution in [2.75, 3.05) is 0 Å². The van der Waals surface area contributed by atoms with Gasteiger partial charge in [-0.3, -0.25) is 0 Å². The Morgan fingerprint density at radius 1 is 0.690 bits per heavy atom. The van der Waals surface area contributed by atoms with Crippen LogP contribution in [0.15, 0.2) is 128 Å². The number of allylic oxidation sites excluding steroid dienone is 1. The number of aliphatic hydroxyl groups is 1. The third kappa shape index (κ3) is 3.79. The summed E-state index contributed by atoms with van der Waals surface area (Å²) in [5.74, 6) is 0.644. The van der Waals surface area contributed by atoms with Gasteiger partial charge in [0.05, 0.1) is 11.2 Å². The minimum atomic E-state index is -0.595. The molecule has 204 valence electrons. The Morgan fingerprint density at radius 3 is 2.21 bits per heavy atom. The van der Waals surface area contributed by atoms with E-state index in [1.54, 1.807) is 6.07 Å². The maximum Gasteiger partial charge on any atom is 0.116 e. The lowest BCUT2D eigenvalue weighted by molar-refractivity contribution is 0.357. The molecule has 0 saturated carbocycles. The van der Waals surface area contributed by atoms with E-state index in [1.807, 2.05) is 38.1 Å². The highest BCUT2D eigenvalue weighted by Crippen LogP contribution is 2.58. The lowest BCUT2D eigenvalue weighted by Gasteiger charge is -2.34. The smallest absolute Gasteiger partial charge is 0.116 e. The molecular formula is C40H32O2. The van der Waals surface area contributed by atoms with Crippen molar-refractivity contribution in [2.24, 2.45) is 5.92 Å². The first kappa shape index (κ1) is 25.9. The molecule has 0 fully saturated rings. The average molecular weight is 545 g/mol. The fourth-order valence-corrected chi connectivity index (χ4v) is 6.74. The molecule has 0 aliphatic heterocycles. The second-order valence-corrected chi connectivity index (χ2v) is 11.5. The lowest BCUT2D eigenvalue weighted by Crippen LogP contribution is -2.28. The molecule has 0 amide bonds. The maximum absolute atomic E-state index is 10.6. The van der Waals surface area contributed by atoms with Crippen molar-refractivity contribution in [2.45, 2.75) is 19.3 Å². The second kappa shape index (κ2) is 9.78. The fourth-order valence-electron chi connectivity index (χ4n) is 6.74. The van der Waals surface area contributed by atoms with Crippen LogP contribution in [0.3, 0.4) is 0 Å². The number of phenolic OH excluding ortho intramolecular Hbond substituents is 1. The van der Waals surface area contributed by atoms with Crippen LogP contribution >= 0.6 is 0 Å². The van der Waals surface area contributed by atoms with Gasteiger partial charge in [-0.1, -0.05) is 117 Å². The van der Waals surface area contributed by atoms with E-state index in [0.29, 0.717) is 5.76 Å². The summed E-state index contributed by atoms with van der Waals surface area (Å²) < 4.78 is 0. The molecule has 1 unspecified atom stereocenters. The van der Waals surface area contributed by atoms with Gasteiger partial charge in [0.2, 0.25) is 0 Å². The molecule has 0 heterocycles. The zero-order valence-corrected chi connectivity index (χ0v) is 23.8. The van der Waals surface area contributed by atoms with Crippen LogP contribution < -0.4 is 0 Å². The molecule has 2 nitrogen and oxygen atoms in total. The highest BCUT2D eigenvalue weighted by molar-refractivity contribution is 6.04. The summed E-state index contributed by atoms with van der Waals surface area (Å²) in [4.78, 5) is 0. The molecule has 2 N–H and O–H groups in total. The molecule has 1 aliphatic rings. The van der Waals surface area contributed by atoms with Crippen molar-refractivity contribution >= 4 is 33.7 Å². The number of hydrogen-bond acceptors (Lipinski definition) is 2. The highest BCUT2D eigenvalue weighted by Gasteiger charge is 2.46. The molecule has 6 aromatic rings. The van der Waals surface area contributed by atoms with E-state index in [9.17, 15) is 10.2 Å². The van der Waals surface area contributed by atoms with Crippen LogP contribution in [-0.2, 0) is 5.41 Å². The first-order valence-electron chi connectivity index (χ1n) is 14.4. The van der Waals surface area contributed by atoms with Crippen LogP contribution in [0.2, 0.25) is 0 Å². The van der Waals surface area contributed by atoms with E-state index in [4.69, 9.17) is 0 Å². The van der Waals surface area contributed by atoms with Gasteiger partial charge in [-0.05, 0) is 96.4 Å². The number of aromatic hydroxyl groups is 1. The number of aliphatic hydroxyl groups excluding tert-OH is 1. The summed E-state index contributed by atoms with van der Waals surface area (Å²) in [5.41, 5.74) is 8.58. The number of phenols is 1. The lowest BCUT2D eigenvalue weighted by atomic mass is 9.67. The summed E-state index contributed by atoms with van der Waals surface area (Å²) in [6, 6.07) is 40.6. The van der Waals surface area contributed by atoms with E-state index in [-0.39, 0.29) is 11.7 Å². The van der Waals surface area contributed by atoms with Gasteiger partial charge in [-0.2, -0.15) is 0 Å². The third-order valence-electron chi connectivity index (χ3n) is 8.82. The van der Waals surface area contributed by atoms with Gasteiger partial charge in [0, 0.05) is 5.92 Å². The monoisotopic (exact) mass is 544 g/mol. The van der Waals surface area contributed by atoms with Crippen molar-refractivity contribution < 1.29 is 10.2 Å². The third-order valence-corrected chi connectivity index (χ3v) is 8.82. The van der Waals surface area contributed by atoms with E-state index in [0.717, 1.165) is 33.0 Å². The largest absolute Gasteiger partial charge is 0.512 e. The highest BCUT2D eigenvalue weighted by atomic mass is 16.3. The minimum Gasteiger partial charge on any atom is -0.512 e. The van der Waals surface area contributed by atoms with Gasteiger partial charge < -0.3 is 10.2 Å². The molecule has 7 rings (SSSR count). The first-order valence-corrected chi connectivity index (χ1v) is 14.4. The number of rotatable bonds is 5. The molecular weight excluding hydrogens is 512 g/mol. The van der Waals surface area contributed by atoms with Crippen LogP contribution in [0, 0.1) is 5.92 Å². The normalized spacial score (nSPS) is 16.1. The molecule has 6 aromatic carbocycles. The number of hydrogen-bond donors (Lipinski definition) is 2. The Bertz CT molecular complexity index is 2060. The van der Waals surface area contributed by atoms with E-state index in [2.05, 4.69) is 104 Å². The summed E-state index contributed by atoms with van der Waals surface area (Å²) >= 11 is 0. The van der Waals surface area contributed by atoms with Crippen LogP contribution in [0.4, 0.5) is 0 Å². The Hall–Kier alpha value is -5.08. The van der Waals surface area contributed by atoms with Crippen molar-refractivity contribution in [3.63, 3.8) is 0 Å². The van der Waals surface area contributed by atoms with Gasteiger partial charge in [0.25, 0.3) is 0 Å². The molecule has 1 aliphatic carbocycles. The molecule has 2 heteroatoms. The summed E-state index contributed by atoms with van der Waals surface area (Å²) in [7, 11) is 0. The summed E-state index contributed by atoms with van der Waals surface area (Å²) in [6.45, 7) is 8.12. The predicted molar refractivity (Wildman–Crippen MR) is 176 cm³/mol.